The highest BCUT2D eigenvalue weighted by Crippen LogP contribution is 2.24. The van der Waals surface area contributed by atoms with Crippen LogP contribution >= 0.6 is 0 Å². The van der Waals surface area contributed by atoms with Crippen LogP contribution in [-0.4, -0.2) is 19.3 Å². The average molecular weight is 261 g/mol. The Hall–Kier alpha value is -1.64. The molecule has 0 bridgehead atoms. The zero-order valence-corrected chi connectivity index (χ0v) is 11.8. The molecule has 1 aromatic carbocycles. The standard InChI is InChI=1S/C16H23NO2/c1-13(2)12-19-16-9-4-3-8-15(16)17-11-14-7-5-6-10-18-14/h3-4,6,8-10,13-14,17H,5,7,11-12H2,1-2H3. The van der Waals surface area contributed by atoms with Gasteiger partial charge in [0, 0.05) is 0 Å². The van der Waals surface area contributed by atoms with Gasteiger partial charge in [-0.1, -0.05) is 26.0 Å². The summed E-state index contributed by atoms with van der Waals surface area (Å²) in [5.41, 5.74) is 1.04. The lowest BCUT2D eigenvalue weighted by Crippen LogP contribution is -2.23. The molecule has 0 saturated carbocycles. The first-order valence-corrected chi connectivity index (χ1v) is 7.02. The van der Waals surface area contributed by atoms with Gasteiger partial charge < -0.3 is 14.8 Å². The summed E-state index contributed by atoms with van der Waals surface area (Å²) in [6, 6.07) is 8.08. The monoisotopic (exact) mass is 261 g/mol. The quantitative estimate of drug-likeness (QED) is 0.844. The van der Waals surface area contributed by atoms with Crippen molar-refractivity contribution in [2.24, 2.45) is 5.92 Å². The van der Waals surface area contributed by atoms with Crippen molar-refractivity contribution in [3.8, 4) is 5.75 Å². The van der Waals surface area contributed by atoms with Crippen molar-refractivity contribution >= 4 is 5.69 Å². The van der Waals surface area contributed by atoms with E-state index in [-0.39, 0.29) is 6.10 Å². The molecule has 0 radical (unpaired) electrons. The van der Waals surface area contributed by atoms with Crippen LogP contribution in [0.25, 0.3) is 0 Å². The minimum Gasteiger partial charge on any atom is -0.497 e. The smallest absolute Gasteiger partial charge is 0.142 e. The van der Waals surface area contributed by atoms with Gasteiger partial charge >= 0.3 is 0 Å². The largest absolute Gasteiger partial charge is 0.497 e. The van der Waals surface area contributed by atoms with Crippen LogP contribution < -0.4 is 10.1 Å². The van der Waals surface area contributed by atoms with Crippen LogP contribution in [0.2, 0.25) is 0 Å². The molecule has 0 aliphatic carbocycles. The normalized spacial score (nSPS) is 18.2. The van der Waals surface area contributed by atoms with Crippen LogP contribution in [-0.2, 0) is 4.74 Å². The van der Waals surface area contributed by atoms with E-state index < -0.39 is 0 Å². The number of rotatable bonds is 6. The molecule has 3 nitrogen and oxygen atoms in total. The number of para-hydroxylation sites is 2. The van der Waals surface area contributed by atoms with Gasteiger partial charge in [-0.15, -0.1) is 0 Å². The van der Waals surface area contributed by atoms with E-state index in [9.17, 15) is 0 Å². The van der Waals surface area contributed by atoms with Gasteiger partial charge in [0.2, 0.25) is 0 Å². The molecule has 2 rings (SSSR count). The third kappa shape index (κ3) is 4.51. The highest BCUT2D eigenvalue weighted by atomic mass is 16.5. The summed E-state index contributed by atoms with van der Waals surface area (Å²) in [6.45, 7) is 5.85. The van der Waals surface area contributed by atoms with Crippen LogP contribution in [0.4, 0.5) is 5.69 Å². The van der Waals surface area contributed by atoms with Crippen LogP contribution in [0.3, 0.4) is 0 Å². The summed E-state index contributed by atoms with van der Waals surface area (Å²) in [7, 11) is 0. The molecule has 0 spiro atoms. The van der Waals surface area contributed by atoms with E-state index >= 15 is 0 Å². The average Bonchev–Trinajstić information content (AvgIpc) is 2.45. The minimum absolute atomic E-state index is 0.253. The Bertz CT molecular complexity index is 415. The van der Waals surface area contributed by atoms with Crippen LogP contribution in [0.1, 0.15) is 26.7 Å². The maximum atomic E-state index is 5.82. The SMILES string of the molecule is CC(C)COc1ccccc1NCC1CCC=CO1. The fourth-order valence-corrected chi connectivity index (χ4v) is 1.95. The van der Waals surface area contributed by atoms with Crippen LogP contribution in [0, 0.1) is 5.92 Å². The maximum absolute atomic E-state index is 5.82. The second-order valence-electron chi connectivity index (χ2n) is 5.29. The lowest BCUT2D eigenvalue weighted by atomic mass is 10.1. The van der Waals surface area contributed by atoms with Gasteiger partial charge in [-0.25, -0.2) is 0 Å². The summed E-state index contributed by atoms with van der Waals surface area (Å²) in [4.78, 5) is 0. The molecule has 3 heteroatoms. The fraction of sp³-hybridized carbons (Fsp3) is 0.500. The fourth-order valence-electron chi connectivity index (χ4n) is 1.95. The first-order valence-electron chi connectivity index (χ1n) is 7.02. The zero-order chi connectivity index (χ0) is 13.5. The number of hydrogen-bond acceptors (Lipinski definition) is 3. The molecule has 19 heavy (non-hydrogen) atoms. The van der Waals surface area contributed by atoms with Crippen molar-refractivity contribution in [2.45, 2.75) is 32.8 Å². The van der Waals surface area contributed by atoms with Gasteiger partial charge in [0.1, 0.15) is 11.9 Å². The Morgan fingerprint density at radius 1 is 1.37 bits per heavy atom. The third-order valence-electron chi connectivity index (χ3n) is 3.00. The molecular weight excluding hydrogens is 238 g/mol. The second kappa shape index (κ2) is 7.07. The van der Waals surface area contributed by atoms with Gasteiger partial charge in [0.15, 0.2) is 0 Å². The molecule has 1 heterocycles. The molecule has 1 aliphatic rings. The van der Waals surface area contributed by atoms with Gasteiger partial charge in [0.25, 0.3) is 0 Å². The van der Waals surface area contributed by atoms with Crippen molar-refractivity contribution in [1.29, 1.82) is 0 Å². The molecular formula is C16H23NO2. The molecule has 1 unspecified atom stereocenters. The molecule has 1 aromatic rings. The second-order valence-corrected chi connectivity index (χ2v) is 5.29. The number of anilines is 1. The number of hydrogen-bond donors (Lipinski definition) is 1. The van der Waals surface area contributed by atoms with E-state index in [0.717, 1.165) is 37.4 Å². The first-order chi connectivity index (χ1) is 9.25. The number of ether oxygens (including phenoxy) is 2. The van der Waals surface area contributed by atoms with Gasteiger partial charge in [0.05, 0.1) is 25.1 Å². The predicted octanol–water partition coefficient (Wildman–Crippen LogP) is 3.83. The van der Waals surface area contributed by atoms with Crippen molar-refractivity contribution in [2.75, 3.05) is 18.5 Å². The summed E-state index contributed by atoms with van der Waals surface area (Å²) in [5, 5.41) is 3.42. The Kier molecular flexibility index (Phi) is 5.13. The molecule has 1 atom stereocenters. The molecule has 0 amide bonds. The maximum Gasteiger partial charge on any atom is 0.142 e. The summed E-state index contributed by atoms with van der Waals surface area (Å²) < 4.78 is 11.4. The Morgan fingerprint density at radius 2 is 2.21 bits per heavy atom. The highest BCUT2D eigenvalue weighted by molar-refractivity contribution is 5.56. The van der Waals surface area contributed by atoms with E-state index in [0.29, 0.717) is 5.92 Å². The van der Waals surface area contributed by atoms with E-state index in [2.05, 4.69) is 25.2 Å². The Balaban J connectivity index is 1.89. The lowest BCUT2D eigenvalue weighted by Gasteiger charge is -2.21. The number of benzene rings is 1. The van der Waals surface area contributed by atoms with Crippen molar-refractivity contribution in [3.63, 3.8) is 0 Å². The van der Waals surface area contributed by atoms with Crippen molar-refractivity contribution in [3.05, 3.63) is 36.6 Å². The predicted molar refractivity (Wildman–Crippen MR) is 78.5 cm³/mol. The first kappa shape index (κ1) is 13.8. The summed E-state index contributed by atoms with van der Waals surface area (Å²) in [5.74, 6) is 1.45. The zero-order valence-electron chi connectivity index (χ0n) is 11.8. The summed E-state index contributed by atoms with van der Waals surface area (Å²) >= 11 is 0. The minimum atomic E-state index is 0.253. The molecule has 0 saturated heterocycles. The Labute approximate surface area is 115 Å². The molecule has 1 aliphatic heterocycles. The summed E-state index contributed by atoms with van der Waals surface area (Å²) in [6.07, 6.45) is 6.28. The molecule has 0 fully saturated rings. The lowest BCUT2D eigenvalue weighted by molar-refractivity contribution is 0.135. The van der Waals surface area contributed by atoms with Gasteiger partial charge in [-0.3, -0.25) is 0 Å². The van der Waals surface area contributed by atoms with Crippen molar-refractivity contribution in [1.82, 2.24) is 0 Å². The number of nitrogens with one attached hydrogen (secondary N) is 1. The van der Waals surface area contributed by atoms with Gasteiger partial charge in [-0.05, 0) is 37.0 Å². The van der Waals surface area contributed by atoms with E-state index in [1.165, 1.54) is 0 Å². The molecule has 0 aromatic heterocycles. The number of allylic oxidation sites excluding steroid dienone is 1. The van der Waals surface area contributed by atoms with E-state index in [1.807, 2.05) is 24.3 Å². The van der Waals surface area contributed by atoms with Crippen molar-refractivity contribution < 1.29 is 9.47 Å². The van der Waals surface area contributed by atoms with E-state index in [4.69, 9.17) is 9.47 Å². The van der Waals surface area contributed by atoms with Gasteiger partial charge in [-0.2, -0.15) is 0 Å². The molecule has 104 valence electrons. The third-order valence-corrected chi connectivity index (χ3v) is 3.00. The topological polar surface area (TPSA) is 30.5 Å². The van der Waals surface area contributed by atoms with Crippen LogP contribution in [0.15, 0.2) is 36.6 Å². The van der Waals surface area contributed by atoms with E-state index in [1.54, 1.807) is 6.26 Å². The Morgan fingerprint density at radius 3 is 2.95 bits per heavy atom. The molecule has 1 N–H and O–H groups in total. The highest BCUT2D eigenvalue weighted by Gasteiger charge is 2.11. The van der Waals surface area contributed by atoms with Crippen LogP contribution in [0.5, 0.6) is 5.75 Å².